The molecule has 1 atom stereocenters. The quantitative estimate of drug-likeness (QED) is 0.838. The normalized spacial score (nSPS) is 12.4. The van der Waals surface area contributed by atoms with E-state index in [1.807, 2.05) is 7.05 Å². The molecule has 0 spiro atoms. The lowest BCUT2D eigenvalue weighted by molar-refractivity contribution is 0.582. The third kappa shape index (κ3) is 3.68. The molecule has 20 heavy (non-hydrogen) atoms. The fourth-order valence-corrected chi connectivity index (χ4v) is 2.70. The minimum absolute atomic E-state index is 0.180. The third-order valence-electron chi connectivity index (χ3n) is 3.57. The molecular formula is C17H19BrFN. The van der Waals surface area contributed by atoms with Crippen LogP contribution in [0.25, 0.3) is 0 Å². The first kappa shape index (κ1) is 15.2. The largest absolute Gasteiger partial charge is 0.313 e. The summed E-state index contributed by atoms with van der Waals surface area (Å²) in [6.45, 7) is 2.15. The molecule has 3 heteroatoms. The summed E-state index contributed by atoms with van der Waals surface area (Å²) < 4.78 is 14.3. The molecule has 0 aliphatic heterocycles. The van der Waals surface area contributed by atoms with Crippen LogP contribution in [0.15, 0.2) is 46.9 Å². The van der Waals surface area contributed by atoms with Crippen molar-refractivity contribution in [2.45, 2.75) is 25.8 Å². The van der Waals surface area contributed by atoms with Crippen LogP contribution in [-0.2, 0) is 12.8 Å². The number of hydrogen-bond acceptors (Lipinski definition) is 1. The molecule has 0 fully saturated rings. The Morgan fingerprint density at radius 3 is 2.45 bits per heavy atom. The Bertz CT molecular complexity index is 566. The number of likely N-dealkylation sites (N-methyl/N-ethyl adjacent to an activating group) is 1. The van der Waals surface area contributed by atoms with Gasteiger partial charge in [-0.05, 0) is 54.8 Å². The topological polar surface area (TPSA) is 12.0 Å². The summed E-state index contributed by atoms with van der Waals surface area (Å²) in [4.78, 5) is 0. The van der Waals surface area contributed by atoms with Crippen LogP contribution >= 0.6 is 15.9 Å². The number of nitrogens with one attached hydrogen (secondary N) is 1. The number of halogens is 2. The number of rotatable bonds is 5. The van der Waals surface area contributed by atoms with E-state index in [2.05, 4.69) is 52.4 Å². The molecule has 2 aromatic rings. The van der Waals surface area contributed by atoms with Crippen molar-refractivity contribution < 1.29 is 4.39 Å². The monoisotopic (exact) mass is 335 g/mol. The van der Waals surface area contributed by atoms with Gasteiger partial charge in [-0.15, -0.1) is 0 Å². The SMILES string of the molecule is CCc1ccc(C(Cc2cc(F)ccc2Br)NC)cc1. The Morgan fingerprint density at radius 1 is 1.15 bits per heavy atom. The second-order valence-corrected chi connectivity index (χ2v) is 5.73. The molecule has 1 N–H and O–H groups in total. The van der Waals surface area contributed by atoms with Crippen molar-refractivity contribution in [3.8, 4) is 0 Å². The summed E-state index contributed by atoms with van der Waals surface area (Å²) in [6.07, 6.45) is 1.79. The summed E-state index contributed by atoms with van der Waals surface area (Å²) in [7, 11) is 1.94. The highest BCUT2D eigenvalue weighted by Crippen LogP contribution is 2.25. The second kappa shape index (κ2) is 7.00. The van der Waals surface area contributed by atoms with Crippen molar-refractivity contribution in [2.24, 2.45) is 0 Å². The molecule has 0 aliphatic carbocycles. The lowest BCUT2D eigenvalue weighted by Gasteiger charge is -2.18. The standard InChI is InChI=1S/C17H19BrFN/c1-3-12-4-6-13(7-5-12)17(20-2)11-14-10-15(19)8-9-16(14)18/h4-10,17,20H,3,11H2,1-2H3. The van der Waals surface area contributed by atoms with Crippen LogP contribution in [0.1, 0.15) is 29.7 Å². The first-order chi connectivity index (χ1) is 9.63. The first-order valence-corrected chi connectivity index (χ1v) is 7.63. The van der Waals surface area contributed by atoms with Gasteiger partial charge < -0.3 is 5.32 Å². The smallest absolute Gasteiger partial charge is 0.123 e. The Morgan fingerprint density at radius 2 is 1.85 bits per heavy atom. The number of aryl methyl sites for hydroxylation is 1. The minimum atomic E-state index is -0.195. The Kier molecular flexibility index (Phi) is 5.32. The van der Waals surface area contributed by atoms with Gasteiger partial charge in [-0.1, -0.05) is 47.1 Å². The van der Waals surface area contributed by atoms with Crippen LogP contribution in [0.4, 0.5) is 4.39 Å². The Balaban J connectivity index is 2.21. The van der Waals surface area contributed by atoms with Crippen LogP contribution in [0.2, 0.25) is 0 Å². The molecule has 0 heterocycles. The van der Waals surface area contributed by atoms with E-state index >= 15 is 0 Å². The van der Waals surface area contributed by atoms with Crippen molar-refractivity contribution in [1.29, 1.82) is 0 Å². The molecule has 0 saturated carbocycles. The lowest BCUT2D eigenvalue weighted by Crippen LogP contribution is -2.19. The van der Waals surface area contributed by atoms with Crippen molar-refractivity contribution in [2.75, 3.05) is 7.05 Å². The highest BCUT2D eigenvalue weighted by atomic mass is 79.9. The van der Waals surface area contributed by atoms with Gasteiger partial charge in [-0.3, -0.25) is 0 Å². The molecule has 1 unspecified atom stereocenters. The Labute approximate surface area is 128 Å². The highest BCUT2D eigenvalue weighted by molar-refractivity contribution is 9.10. The fourth-order valence-electron chi connectivity index (χ4n) is 2.29. The van der Waals surface area contributed by atoms with Crippen LogP contribution in [0, 0.1) is 5.82 Å². The zero-order chi connectivity index (χ0) is 14.5. The van der Waals surface area contributed by atoms with Crippen LogP contribution in [0.3, 0.4) is 0 Å². The van der Waals surface area contributed by atoms with Crippen molar-refractivity contribution in [3.63, 3.8) is 0 Å². The summed E-state index contributed by atoms with van der Waals surface area (Å²) in [5, 5.41) is 3.31. The van der Waals surface area contributed by atoms with Crippen molar-refractivity contribution >= 4 is 15.9 Å². The maximum atomic E-state index is 13.4. The maximum absolute atomic E-state index is 13.4. The summed E-state index contributed by atoms with van der Waals surface area (Å²) in [5.74, 6) is -0.195. The molecule has 0 aliphatic rings. The van der Waals surface area contributed by atoms with Gasteiger partial charge in [0, 0.05) is 10.5 Å². The van der Waals surface area contributed by atoms with Gasteiger partial charge in [0.25, 0.3) is 0 Å². The summed E-state index contributed by atoms with van der Waals surface area (Å²) >= 11 is 3.49. The van der Waals surface area contributed by atoms with E-state index in [1.54, 1.807) is 12.1 Å². The number of hydrogen-bond donors (Lipinski definition) is 1. The van der Waals surface area contributed by atoms with Gasteiger partial charge in [0.15, 0.2) is 0 Å². The summed E-state index contributed by atoms with van der Waals surface area (Å²) in [6, 6.07) is 13.6. The van der Waals surface area contributed by atoms with Gasteiger partial charge in [0.2, 0.25) is 0 Å². The molecular weight excluding hydrogens is 317 g/mol. The number of benzene rings is 2. The van der Waals surface area contributed by atoms with Gasteiger partial charge in [0.1, 0.15) is 5.82 Å². The average Bonchev–Trinajstić information content (AvgIpc) is 2.48. The summed E-state index contributed by atoms with van der Waals surface area (Å²) in [5.41, 5.74) is 3.53. The van der Waals surface area contributed by atoms with E-state index in [4.69, 9.17) is 0 Å². The molecule has 2 aromatic carbocycles. The molecule has 0 amide bonds. The first-order valence-electron chi connectivity index (χ1n) is 6.84. The van der Waals surface area contributed by atoms with Crippen LogP contribution in [-0.4, -0.2) is 7.05 Å². The van der Waals surface area contributed by atoms with E-state index in [0.29, 0.717) is 0 Å². The maximum Gasteiger partial charge on any atom is 0.123 e. The highest BCUT2D eigenvalue weighted by Gasteiger charge is 2.12. The van der Waals surface area contributed by atoms with Crippen LogP contribution in [0.5, 0.6) is 0 Å². The van der Waals surface area contributed by atoms with Gasteiger partial charge in [0.05, 0.1) is 0 Å². The average molecular weight is 336 g/mol. The molecule has 0 aromatic heterocycles. The van der Waals surface area contributed by atoms with E-state index in [9.17, 15) is 4.39 Å². The molecule has 106 valence electrons. The van der Waals surface area contributed by atoms with Gasteiger partial charge >= 0.3 is 0 Å². The molecule has 0 bridgehead atoms. The fraction of sp³-hybridized carbons (Fsp3) is 0.294. The van der Waals surface area contributed by atoms with Crippen molar-refractivity contribution in [3.05, 3.63) is 69.4 Å². The van der Waals surface area contributed by atoms with Crippen LogP contribution < -0.4 is 5.32 Å². The molecule has 2 rings (SSSR count). The minimum Gasteiger partial charge on any atom is -0.313 e. The van der Waals surface area contributed by atoms with E-state index < -0.39 is 0 Å². The van der Waals surface area contributed by atoms with E-state index in [1.165, 1.54) is 17.2 Å². The zero-order valence-electron chi connectivity index (χ0n) is 11.8. The molecule has 0 saturated heterocycles. The van der Waals surface area contributed by atoms with Crippen molar-refractivity contribution in [1.82, 2.24) is 5.32 Å². The predicted octanol–water partition coefficient (Wildman–Crippen LogP) is 4.65. The zero-order valence-corrected chi connectivity index (χ0v) is 13.4. The third-order valence-corrected chi connectivity index (χ3v) is 4.34. The Hall–Kier alpha value is -1.19. The molecule has 1 nitrogen and oxygen atoms in total. The second-order valence-electron chi connectivity index (χ2n) is 4.88. The lowest BCUT2D eigenvalue weighted by atomic mass is 9.97. The van der Waals surface area contributed by atoms with Gasteiger partial charge in [-0.25, -0.2) is 4.39 Å². The van der Waals surface area contributed by atoms with Gasteiger partial charge in [-0.2, -0.15) is 0 Å². The van der Waals surface area contributed by atoms with E-state index in [-0.39, 0.29) is 11.9 Å². The molecule has 0 radical (unpaired) electrons. The van der Waals surface area contributed by atoms with E-state index in [0.717, 1.165) is 22.9 Å². The predicted molar refractivity (Wildman–Crippen MR) is 85.4 cm³/mol.